The Morgan fingerprint density at radius 2 is 2.28 bits per heavy atom. The van der Waals surface area contributed by atoms with Crippen molar-refractivity contribution in [1.82, 2.24) is 4.90 Å². The Bertz CT molecular complexity index is 477. The van der Waals surface area contributed by atoms with Crippen LogP contribution in [0.3, 0.4) is 0 Å². The minimum absolute atomic E-state index is 0.0967. The van der Waals surface area contributed by atoms with E-state index >= 15 is 0 Å². The Kier molecular flexibility index (Phi) is 3.63. The molecule has 1 aromatic rings. The van der Waals surface area contributed by atoms with E-state index in [1.165, 1.54) is 11.0 Å². The molecule has 0 radical (unpaired) electrons. The molecular formula is C12H14ClNO4. The summed E-state index contributed by atoms with van der Waals surface area (Å²) in [6.45, 7) is 1.77. The van der Waals surface area contributed by atoms with E-state index < -0.39 is 0 Å². The molecule has 0 aliphatic carbocycles. The number of ether oxygens (including phenoxy) is 2. The number of halogens is 1. The van der Waals surface area contributed by atoms with Crippen LogP contribution in [0.15, 0.2) is 12.1 Å². The molecule has 1 aromatic carbocycles. The normalized spacial score (nSPS) is 14.4. The molecule has 5 nitrogen and oxygen atoms in total. The van der Waals surface area contributed by atoms with Crippen LogP contribution in [0.25, 0.3) is 0 Å². The van der Waals surface area contributed by atoms with Crippen LogP contribution in [0, 0.1) is 0 Å². The number of hydrogen-bond acceptors (Lipinski definition) is 4. The van der Waals surface area contributed by atoms with Crippen LogP contribution in [0.1, 0.15) is 17.3 Å². The number of benzene rings is 1. The molecule has 1 aliphatic rings. The Morgan fingerprint density at radius 1 is 1.56 bits per heavy atom. The number of nitrogens with zero attached hydrogens (tertiary/aromatic N) is 1. The molecule has 0 saturated carbocycles. The second kappa shape index (κ2) is 5.04. The highest BCUT2D eigenvalue weighted by Gasteiger charge is 2.23. The fourth-order valence-electron chi connectivity index (χ4n) is 1.62. The molecule has 0 aromatic heterocycles. The maximum Gasteiger partial charge on any atom is 0.254 e. The van der Waals surface area contributed by atoms with Gasteiger partial charge in [-0.1, -0.05) is 11.6 Å². The molecule has 1 unspecified atom stereocenters. The third-order valence-corrected chi connectivity index (χ3v) is 3.20. The number of amides is 1. The topological polar surface area (TPSA) is 59.0 Å². The monoisotopic (exact) mass is 271 g/mol. The number of aliphatic hydroxyl groups excluding tert-OH is 1. The van der Waals surface area contributed by atoms with Gasteiger partial charge in [-0.3, -0.25) is 4.79 Å². The van der Waals surface area contributed by atoms with Gasteiger partial charge in [0.1, 0.15) is 0 Å². The van der Waals surface area contributed by atoms with E-state index in [9.17, 15) is 4.79 Å². The van der Waals surface area contributed by atoms with Crippen molar-refractivity contribution >= 4 is 17.5 Å². The van der Waals surface area contributed by atoms with Crippen molar-refractivity contribution in [2.45, 2.75) is 13.0 Å². The first-order chi connectivity index (χ1) is 8.54. The Labute approximate surface area is 110 Å². The maximum atomic E-state index is 12.2. The number of hydrogen-bond donors (Lipinski definition) is 1. The highest BCUT2D eigenvalue weighted by Crippen LogP contribution is 2.40. The van der Waals surface area contributed by atoms with Crippen LogP contribution in [-0.4, -0.2) is 42.4 Å². The summed E-state index contributed by atoms with van der Waals surface area (Å²) in [5, 5.41) is 9.39. The van der Waals surface area contributed by atoms with Gasteiger partial charge in [-0.25, -0.2) is 0 Å². The van der Waals surface area contributed by atoms with Crippen LogP contribution < -0.4 is 9.47 Å². The third kappa shape index (κ3) is 2.23. The van der Waals surface area contributed by atoms with Gasteiger partial charge in [0.25, 0.3) is 5.91 Å². The zero-order valence-corrected chi connectivity index (χ0v) is 10.9. The van der Waals surface area contributed by atoms with Gasteiger partial charge in [0, 0.05) is 12.6 Å². The standard InChI is InChI=1S/C12H14ClNO4/c1-7(5-15)14(2)12(16)8-3-9(13)11-10(4-8)17-6-18-11/h3-4,7,15H,5-6H2,1-2H3. The predicted octanol–water partition coefficient (Wildman–Crippen LogP) is 1.52. The van der Waals surface area contributed by atoms with Crippen LogP contribution in [0.4, 0.5) is 0 Å². The number of rotatable bonds is 3. The summed E-state index contributed by atoms with van der Waals surface area (Å²) in [6, 6.07) is 2.87. The molecule has 0 saturated heterocycles. The molecule has 6 heteroatoms. The van der Waals surface area contributed by atoms with Crippen LogP contribution in [-0.2, 0) is 0 Å². The smallest absolute Gasteiger partial charge is 0.254 e. The molecule has 1 heterocycles. The number of aliphatic hydroxyl groups is 1. The van der Waals surface area contributed by atoms with E-state index in [1.807, 2.05) is 0 Å². The predicted molar refractivity (Wildman–Crippen MR) is 66.2 cm³/mol. The van der Waals surface area contributed by atoms with E-state index in [2.05, 4.69) is 0 Å². The lowest BCUT2D eigenvalue weighted by atomic mass is 10.1. The zero-order chi connectivity index (χ0) is 13.3. The lowest BCUT2D eigenvalue weighted by Gasteiger charge is -2.23. The van der Waals surface area contributed by atoms with Crippen molar-refractivity contribution in [3.8, 4) is 11.5 Å². The summed E-state index contributed by atoms with van der Waals surface area (Å²) in [5.41, 5.74) is 0.409. The average molecular weight is 272 g/mol. The number of carbonyl (C=O) groups excluding carboxylic acids is 1. The van der Waals surface area contributed by atoms with Crippen molar-refractivity contribution in [2.75, 3.05) is 20.4 Å². The lowest BCUT2D eigenvalue weighted by molar-refractivity contribution is 0.0682. The van der Waals surface area contributed by atoms with Crippen molar-refractivity contribution in [1.29, 1.82) is 0 Å². The van der Waals surface area contributed by atoms with Gasteiger partial charge < -0.3 is 19.5 Å². The zero-order valence-electron chi connectivity index (χ0n) is 10.1. The first-order valence-electron chi connectivity index (χ1n) is 5.51. The molecule has 98 valence electrons. The molecule has 18 heavy (non-hydrogen) atoms. The molecule has 0 fully saturated rings. The minimum Gasteiger partial charge on any atom is -0.454 e. The Hall–Kier alpha value is -1.46. The molecule has 1 N–H and O–H groups in total. The second-order valence-electron chi connectivity index (χ2n) is 4.14. The first-order valence-corrected chi connectivity index (χ1v) is 5.89. The van der Waals surface area contributed by atoms with E-state index in [0.29, 0.717) is 22.1 Å². The van der Waals surface area contributed by atoms with E-state index in [-0.39, 0.29) is 25.3 Å². The third-order valence-electron chi connectivity index (χ3n) is 2.92. The van der Waals surface area contributed by atoms with Crippen molar-refractivity contribution in [3.63, 3.8) is 0 Å². The maximum absolute atomic E-state index is 12.2. The SMILES string of the molecule is CC(CO)N(C)C(=O)c1cc(Cl)c2c(c1)OCO2. The quantitative estimate of drug-likeness (QED) is 0.906. The fourth-order valence-corrected chi connectivity index (χ4v) is 1.88. The molecule has 1 atom stereocenters. The first kappa shape index (κ1) is 13.0. The lowest BCUT2D eigenvalue weighted by Crippen LogP contribution is -2.37. The second-order valence-corrected chi connectivity index (χ2v) is 4.55. The Balaban J connectivity index is 2.29. The van der Waals surface area contributed by atoms with Gasteiger partial charge in [-0.15, -0.1) is 0 Å². The summed E-state index contributed by atoms with van der Waals surface area (Å²) in [5.74, 6) is 0.707. The number of likely N-dealkylation sites (N-methyl/N-ethyl adjacent to an activating group) is 1. The summed E-state index contributed by atoms with van der Waals surface area (Å²) in [4.78, 5) is 13.6. The van der Waals surface area contributed by atoms with Gasteiger partial charge in [0.05, 0.1) is 17.7 Å². The molecule has 0 bridgehead atoms. The Morgan fingerprint density at radius 3 is 2.94 bits per heavy atom. The van der Waals surface area contributed by atoms with Gasteiger partial charge in [-0.05, 0) is 19.1 Å². The van der Waals surface area contributed by atoms with Gasteiger partial charge >= 0.3 is 0 Å². The van der Waals surface area contributed by atoms with Gasteiger partial charge in [-0.2, -0.15) is 0 Å². The molecule has 0 spiro atoms. The summed E-state index contributed by atoms with van der Waals surface area (Å²) < 4.78 is 10.4. The summed E-state index contributed by atoms with van der Waals surface area (Å²) in [6.07, 6.45) is 0. The van der Waals surface area contributed by atoms with E-state index in [0.717, 1.165) is 0 Å². The molecule has 2 rings (SSSR count). The average Bonchev–Trinajstić information content (AvgIpc) is 2.84. The fraction of sp³-hybridized carbons (Fsp3) is 0.417. The molecular weight excluding hydrogens is 258 g/mol. The van der Waals surface area contributed by atoms with Gasteiger partial charge in [0.2, 0.25) is 6.79 Å². The van der Waals surface area contributed by atoms with E-state index in [1.54, 1.807) is 20.0 Å². The highest BCUT2D eigenvalue weighted by atomic mass is 35.5. The largest absolute Gasteiger partial charge is 0.454 e. The van der Waals surface area contributed by atoms with Crippen molar-refractivity contribution < 1.29 is 19.4 Å². The highest BCUT2D eigenvalue weighted by molar-refractivity contribution is 6.32. The molecule has 1 amide bonds. The summed E-state index contributed by atoms with van der Waals surface area (Å²) in [7, 11) is 1.63. The number of fused-ring (bicyclic) bond motifs is 1. The van der Waals surface area contributed by atoms with Crippen LogP contribution in [0.5, 0.6) is 11.5 Å². The minimum atomic E-state index is -0.262. The summed E-state index contributed by atoms with van der Waals surface area (Å²) >= 11 is 6.01. The van der Waals surface area contributed by atoms with Crippen LogP contribution >= 0.6 is 11.6 Å². The number of carbonyl (C=O) groups is 1. The van der Waals surface area contributed by atoms with Gasteiger partial charge in [0.15, 0.2) is 11.5 Å². The van der Waals surface area contributed by atoms with Crippen molar-refractivity contribution in [2.24, 2.45) is 0 Å². The molecule has 1 aliphatic heterocycles. The van der Waals surface area contributed by atoms with Crippen LogP contribution in [0.2, 0.25) is 5.02 Å². The van der Waals surface area contributed by atoms with Crippen molar-refractivity contribution in [3.05, 3.63) is 22.7 Å². The van der Waals surface area contributed by atoms with E-state index in [4.69, 9.17) is 26.2 Å².